The van der Waals surface area contributed by atoms with Crippen molar-refractivity contribution in [3.63, 3.8) is 0 Å². The molecule has 0 radical (unpaired) electrons. The van der Waals surface area contributed by atoms with Gasteiger partial charge in [-0.2, -0.15) is 0 Å². The van der Waals surface area contributed by atoms with Crippen molar-refractivity contribution in [2.75, 3.05) is 0 Å². The molecule has 2 heteroatoms. The molecule has 1 aliphatic carbocycles. The van der Waals surface area contributed by atoms with Crippen LogP contribution >= 0.6 is 11.6 Å². The van der Waals surface area contributed by atoms with Crippen molar-refractivity contribution in [3.05, 3.63) is 0 Å². The van der Waals surface area contributed by atoms with Crippen molar-refractivity contribution in [2.24, 2.45) is 5.92 Å². The number of ether oxygens (including phenoxy) is 1. The second-order valence-electron chi connectivity index (χ2n) is 3.78. The average Bonchev–Trinajstić information content (AvgIpc) is 2.55. The zero-order valence-electron chi connectivity index (χ0n) is 8.05. The molecule has 0 saturated heterocycles. The van der Waals surface area contributed by atoms with Gasteiger partial charge in [0.2, 0.25) is 0 Å². The lowest BCUT2D eigenvalue weighted by Gasteiger charge is -2.20. The van der Waals surface area contributed by atoms with Crippen molar-refractivity contribution in [2.45, 2.75) is 57.6 Å². The quantitative estimate of drug-likeness (QED) is 0.616. The van der Waals surface area contributed by atoms with Crippen molar-refractivity contribution >= 4 is 11.6 Å². The summed E-state index contributed by atoms with van der Waals surface area (Å²) in [7, 11) is 0. The second-order valence-corrected chi connectivity index (χ2v) is 4.21. The molecule has 1 aliphatic rings. The molecule has 72 valence electrons. The molecule has 0 bridgehead atoms. The minimum atomic E-state index is -0.0712. The van der Waals surface area contributed by atoms with Crippen LogP contribution < -0.4 is 0 Å². The summed E-state index contributed by atoms with van der Waals surface area (Å²) in [6.45, 7) is 4.30. The molecule has 0 aliphatic heterocycles. The summed E-state index contributed by atoms with van der Waals surface area (Å²) in [6, 6.07) is 0. The van der Waals surface area contributed by atoms with Crippen LogP contribution in [-0.4, -0.2) is 11.7 Å². The first-order valence-electron chi connectivity index (χ1n) is 5.03. The zero-order valence-corrected chi connectivity index (χ0v) is 8.81. The minimum absolute atomic E-state index is 0.0712. The lowest BCUT2D eigenvalue weighted by Crippen LogP contribution is -2.20. The Bertz CT molecular complexity index is 121. The van der Waals surface area contributed by atoms with Crippen LogP contribution in [0.5, 0.6) is 0 Å². The van der Waals surface area contributed by atoms with Gasteiger partial charge in [-0.3, -0.25) is 0 Å². The Hall–Kier alpha value is 0.250. The first-order valence-corrected chi connectivity index (χ1v) is 5.47. The standard InChI is InChI=1S/C10H19ClO/c1-3-8(2)10(11)12-9-6-4-5-7-9/h8-10H,3-7H2,1-2H3. The van der Waals surface area contributed by atoms with Crippen LogP contribution in [0.4, 0.5) is 0 Å². The molecule has 1 fully saturated rings. The molecule has 1 nitrogen and oxygen atoms in total. The summed E-state index contributed by atoms with van der Waals surface area (Å²) < 4.78 is 5.73. The van der Waals surface area contributed by atoms with E-state index in [-0.39, 0.29) is 5.56 Å². The van der Waals surface area contributed by atoms with Gasteiger partial charge in [-0.25, -0.2) is 0 Å². The first kappa shape index (κ1) is 10.3. The van der Waals surface area contributed by atoms with Crippen molar-refractivity contribution in [1.29, 1.82) is 0 Å². The van der Waals surface area contributed by atoms with Crippen LogP contribution in [0.15, 0.2) is 0 Å². The summed E-state index contributed by atoms with van der Waals surface area (Å²) in [4.78, 5) is 0. The number of hydrogen-bond donors (Lipinski definition) is 0. The van der Waals surface area contributed by atoms with E-state index in [2.05, 4.69) is 13.8 Å². The molecule has 1 rings (SSSR count). The molecular formula is C10H19ClO. The summed E-state index contributed by atoms with van der Waals surface area (Å²) >= 11 is 6.09. The predicted octanol–water partition coefficient (Wildman–Crippen LogP) is 3.56. The van der Waals surface area contributed by atoms with Crippen LogP contribution in [0, 0.1) is 5.92 Å². The van der Waals surface area contributed by atoms with Crippen LogP contribution in [0.2, 0.25) is 0 Å². The Kier molecular flexibility index (Phi) is 4.38. The topological polar surface area (TPSA) is 9.23 Å². The van der Waals surface area contributed by atoms with E-state index in [4.69, 9.17) is 16.3 Å². The monoisotopic (exact) mass is 190 g/mol. The lowest BCUT2D eigenvalue weighted by atomic mass is 10.1. The van der Waals surface area contributed by atoms with Crippen LogP contribution in [0.25, 0.3) is 0 Å². The van der Waals surface area contributed by atoms with E-state index in [1.165, 1.54) is 25.7 Å². The summed E-state index contributed by atoms with van der Waals surface area (Å²) in [5, 5.41) is 0. The molecule has 2 atom stereocenters. The third-order valence-electron chi connectivity index (χ3n) is 2.72. The molecule has 0 amide bonds. The maximum atomic E-state index is 6.09. The van der Waals surface area contributed by atoms with Gasteiger partial charge in [0.1, 0.15) is 5.56 Å². The molecule has 1 saturated carbocycles. The largest absolute Gasteiger partial charge is 0.359 e. The van der Waals surface area contributed by atoms with Crippen molar-refractivity contribution in [1.82, 2.24) is 0 Å². The smallest absolute Gasteiger partial charge is 0.134 e. The van der Waals surface area contributed by atoms with Gasteiger partial charge in [0, 0.05) is 0 Å². The Balaban J connectivity index is 2.19. The number of hydrogen-bond acceptors (Lipinski definition) is 1. The molecule has 0 aromatic carbocycles. The highest BCUT2D eigenvalue weighted by Gasteiger charge is 2.21. The van der Waals surface area contributed by atoms with Gasteiger partial charge in [-0.05, 0) is 25.2 Å². The Labute approximate surface area is 80.4 Å². The maximum Gasteiger partial charge on any atom is 0.134 e. The maximum absolute atomic E-state index is 6.09. The second kappa shape index (κ2) is 5.08. The summed E-state index contributed by atoms with van der Waals surface area (Å²) in [5.74, 6) is 0.479. The van der Waals surface area contributed by atoms with Gasteiger partial charge >= 0.3 is 0 Å². The third-order valence-corrected chi connectivity index (χ3v) is 3.25. The predicted molar refractivity (Wildman–Crippen MR) is 52.4 cm³/mol. The third kappa shape index (κ3) is 2.95. The number of rotatable bonds is 4. The summed E-state index contributed by atoms with van der Waals surface area (Å²) in [6.07, 6.45) is 6.59. The lowest BCUT2D eigenvalue weighted by molar-refractivity contribution is 0.00999. The number of alkyl halides is 1. The molecular weight excluding hydrogens is 172 g/mol. The SMILES string of the molecule is CCC(C)C(Cl)OC1CCCC1. The molecule has 0 N–H and O–H groups in total. The van der Waals surface area contributed by atoms with Gasteiger partial charge in [0.25, 0.3) is 0 Å². The van der Waals surface area contributed by atoms with E-state index in [1.54, 1.807) is 0 Å². The molecule has 0 heterocycles. The van der Waals surface area contributed by atoms with Gasteiger partial charge < -0.3 is 4.74 Å². The number of halogens is 1. The molecule has 12 heavy (non-hydrogen) atoms. The fraction of sp³-hybridized carbons (Fsp3) is 1.00. The van der Waals surface area contributed by atoms with E-state index in [1.807, 2.05) is 0 Å². The van der Waals surface area contributed by atoms with E-state index >= 15 is 0 Å². The zero-order chi connectivity index (χ0) is 8.97. The van der Waals surface area contributed by atoms with Crippen molar-refractivity contribution < 1.29 is 4.74 Å². The summed E-state index contributed by atoms with van der Waals surface area (Å²) in [5.41, 5.74) is -0.0712. The Morgan fingerprint density at radius 3 is 2.50 bits per heavy atom. The van der Waals surface area contributed by atoms with Gasteiger partial charge in [-0.1, -0.05) is 38.3 Å². The normalized spacial score (nSPS) is 24.2. The van der Waals surface area contributed by atoms with E-state index in [0.717, 1.165) is 6.42 Å². The van der Waals surface area contributed by atoms with Crippen LogP contribution in [0.1, 0.15) is 46.0 Å². The fourth-order valence-corrected chi connectivity index (χ4v) is 1.85. The van der Waals surface area contributed by atoms with E-state index < -0.39 is 0 Å². The van der Waals surface area contributed by atoms with Gasteiger partial charge in [0.15, 0.2) is 0 Å². The van der Waals surface area contributed by atoms with Crippen LogP contribution in [0.3, 0.4) is 0 Å². The highest BCUT2D eigenvalue weighted by atomic mass is 35.5. The Morgan fingerprint density at radius 1 is 1.42 bits per heavy atom. The Morgan fingerprint density at radius 2 is 2.00 bits per heavy atom. The van der Waals surface area contributed by atoms with Gasteiger partial charge in [0.05, 0.1) is 6.10 Å². The average molecular weight is 191 g/mol. The molecule has 0 spiro atoms. The van der Waals surface area contributed by atoms with Gasteiger partial charge in [-0.15, -0.1) is 0 Å². The minimum Gasteiger partial charge on any atom is -0.359 e. The van der Waals surface area contributed by atoms with Crippen LogP contribution in [-0.2, 0) is 4.74 Å². The van der Waals surface area contributed by atoms with Crippen molar-refractivity contribution in [3.8, 4) is 0 Å². The highest BCUT2D eigenvalue weighted by molar-refractivity contribution is 6.19. The van der Waals surface area contributed by atoms with E-state index in [9.17, 15) is 0 Å². The molecule has 0 aromatic heterocycles. The molecule has 2 unspecified atom stereocenters. The first-order chi connectivity index (χ1) is 5.74. The fourth-order valence-electron chi connectivity index (χ4n) is 1.53. The van der Waals surface area contributed by atoms with E-state index in [0.29, 0.717) is 12.0 Å². The molecule has 0 aromatic rings. The highest BCUT2D eigenvalue weighted by Crippen LogP contribution is 2.26.